The molecule has 0 aromatic heterocycles. The van der Waals surface area contributed by atoms with Gasteiger partial charge in [-0.25, -0.2) is 4.39 Å². The number of carbonyl (C=O) groups is 3. The van der Waals surface area contributed by atoms with E-state index in [2.05, 4.69) is 5.32 Å². The standard InChI is InChI=1S/C19H23FN2O3/c20-16-8-4-1-5-13(16)9-11-21-17(23)10-12-22-18(24)14-6-2-3-7-15(14)19(22)25/h1,4-5,8,14-15H,2-3,6-7,9-12H2,(H,21,23)/t14-,15-/m1/s1. The van der Waals surface area contributed by atoms with Crippen LogP contribution >= 0.6 is 0 Å². The molecule has 1 aliphatic heterocycles. The first-order valence-corrected chi connectivity index (χ1v) is 8.93. The minimum atomic E-state index is -0.285. The molecule has 2 atom stereocenters. The average Bonchev–Trinajstić information content (AvgIpc) is 2.86. The molecule has 134 valence electrons. The van der Waals surface area contributed by atoms with Crippen LogP contribution in [0.3, 0.4) is 0 Å². The fourth-order valence-electron chi connectivity index (χ4n) is 3.79. The molecule has 0 bridgehead atoms. The van der Waals surface area contributed by atoms with Crippen LogP contribution in [-0.2, 0) is 20.8 Å². The van der Waals surface area contributed by atoms with Crippen molar-refractivity contribution in [2.75, 3.05) is 13.1 Å². The molecule has 0 radical (unpaired) electrons. The Bertz CT molecular complexity index is 652. The van der Waals surface area contributed by atoms with E-state index in [0.717, 1.165) is 25.7 Å². The predicted octanol–water partition coefficient (Wildman–Crippen LogP) is 2.05. The lowest BCUT2D eigenvalue weighted by molar-refractivity contribution is -0.140. The van der Waals surface area contributed by atoms with Crippen LogP contribution in [0.1, 0.15) is 37.7 Å². The van der Waals surface area contributed by atoms with Crippen LogP contribution in [0.5, 0.6) is 0 Å². The van der Waals surface area contributed by atoms with Gasteiger partial charge in [-0.15, -0.1) is 0 Å². The predicted molar refractivity (Wildman–Crippen MR) is 89.9 cm³/mol. The van der Waals surface area contributed by atoms with Crippen molar-refractivity contribution in [3.05, 3.63) is 35.6 Å². The van der Waals surface area contributed by atoms with E-state index in [-0.39, 0.29) is 48.3 Å². The third-order valence-electron chi connectivity index (χ3n) is 5.17. The van der Waals surface area contributed by atoms with Gasteiger partial charge in [-0.3, -0.25) is 19.3 Å². The van der Waals surface area contributed by atoms with E-state index in [9.17, 15) is 18.8 Å². The summed E-state index contributed by atoms with van der Waals surface area (Å²) < 4.78 is 13.5. The van der Waals surface area contributed by atoms with Crippen molar-refractivity contribution >= 4 is 17.7 Å². The second-order valence-electron chi connectivity index (χ2n) is 6.77. The summed E-state index contributed by atoms with van der Waals surface area (Å²) in [5.41, 5.74) is 0.553. The van der Waals surface area contributed by atoms with Gasteiger partial charge in [-0.1, -0.05) is 31.0 Å². The molecule has 2 aliphatic rings. The summed E-state index contributed by atoms with van der Waals surface area (Å²) in [7, 11) is 0. The molecule has 25 heavy (non-hydrogen) atoms. The third-order valence-corrected chi connectivity index (χ3v) is 5.17. The van der Waals surface area contributed by atoms with Crippen molar-refractivity contribution in [1.29, 1.82) is 0 Å². The third kappa shape index (κ3) is 3.89. The largest absolute Gasteiger partial charge is 0.356 e. The van der Waals surface area contributed by atoms with E-state index in [1.54, 1.807) is 18.2 Å². The minimum Gasteiger partial charge on any atom is -0.356 e. The summed E-state index contributed by atoms with van der Waals surface area (Å²) in [6.45, 7) is 0.461. The van der Waals surface area contributed by atoms with Gasteiger partial charge in [0.15, 0.2) is 0 Å². The van der Waals surface area contributed by atoms with Gasteiger partial charge in [0.05, 0.1) is 11.8 Å². The SMILES string of the molecule is O=C(CCN1C(=O)[C@@H]2CCCC[C@H]2C1=O)NCCc1ccccc1F. The summed E-state index contributed by atoms with van der Waals surface area (Å²) in [6, 6.07) is 6.45. The Hall–Kier alpha value is -2.24. The molecule has 1 saturated heterocycles. The van der Waals surface area contributed by atoms with Gasteiger partial charge in [0, 0.05) is 19.5 Å². The Morgan fingerprint density at radius 2 is 1.76 bits per heavy atom. The number of likely N-dealkylation sites (tertiary alicyclic amines) is 1. The van der Waals surface area contributed by atoms with E-state index >= 15 is 0 Å². The van der Waals surface area contributed by atoms with Crippen molar-refractivity contribution in [3.8, 4) is 0 Å². The number of carbonyl (C=O) groups excluding carboxylic acids is 3. The molecule has 1 N–H and O–H groups in total. The molecule has 0 spiro atoms. The van der Waals surface area contributed by atoms with Gasteiger partial charge >= 0.3 is 0 Å². The van der Waals surface area contributed by atoms with Crippen molar-refractivity contribution in [3.63, 3.8) is 0 Å². The average molecular weight is 346 g/mol. The number of rotatable bonds is 6. The quantitative estimate of drug-likeness (QED) is 0.802. The van der Waals surface area contributed by atoms with Crippen LogP contribution in [-0.4, -0.2) is 35.7 Å². The number of imide groups is 1. The molecule has 1 aromatic carbocycles. The van der Waals surface area contributed by atoms with Crippen molar-refractivity contribution in [2.45, 2.75) is 38.5 Å². The highest BCUT2D eigenvalue weighted by Gasteiger charge is 2.47. The molecule has 1 aromatic rings. The number of amides is 3. The first kappa shape index (κ1) is 17.6. The van der Waals surface area contributed by atoms with Gasteiger partial charge in [-0.2, -0.15) is 0 Å². The van der Waals surface area contributed by atoms with Gasteiger partial charge in [0.1, 0.15) is 5.82 Å². The number of hydrogen-bond donors (Lipinski definition) is 1. The van der Waals surface area contributed by atoms with Crippen LogP contribution in [0.25, 0.3) is 0 Å². The lowest BCUT2D eigenvalue weighted by Gasteiger charge is -2.19. The molecule has 0 unspecified atom stereocenters. The topological polar surface area (TPSA) is 66.5 Å². The van der Waals surface area contributed by atoms with Gasteiger partial charge < -0.3 is 5.32 Å². The zero-order valence-electron chi connectivity index (χ0n) is 14.2. The van der Waals surface area contributed by atoms with E-state index in [0.29, 0.717) is 18.5 Å². The second-order valence-corrected chi connectivity index (χ2v) is 6.77. The molecular formula is C19H23FN2O3. The lowest BCUT2D eigenvalue weighted by atomic mass is 9.81. The molecule has 1 heterocycles. The van der Waals surface area contributed by atoms with Crippen molar-refractivity contribution < 1.29 is 18.8 Å². The number of halogens is 1. The highest BCUT2D eigenvalue weighted by molar-refractivity contribution is 6.05. The minimum absolute atomic E-state index is 0.0915. The van der Waals surface area contributed by atoms with Crippen molar-refractivity contribution in [2.24, 2.45) is 11.8 Å². The van der Waals surface area contributed by atoms with Crippen LogP contribution in [0.15, 0.2) is 24.3 Å². The monoisotopic (exact) mass is 346 g/mol. The molecule has 3 rings (SSSR count). The number of nitrogens with zero attached hydrogens (tertiary/aromatic N) is 1. The zero-order valence-corrected chi connectivity index (χ0v) is 14.2. The fraction of sp³-hybridized carbons (Fsp3) is 0.526. The van der Waals surface area contributed by atoms with E-state index < -0.39 is 0 Å². The molecule has 1 saturated carbocycles. The number of fused-ring (bicyclic) bond motifs is 1. The van der Waals surface area contributed by atoms with E-state index in [4.69, 9.17) is 0 Å². The zero-order chi connectivity index (χ0) is 17.8. The highest BCUT2D eigenvalue weighted by Crippen LogP contribution is 2.37. The Morgan fingerprint density at radius 1 is 1.12 bits per heavy atom. The fourth-order valence-corrected chi connectivity index (χ4v) is 3.79. The van der Waals surface area contributed by atoms with E-state index in [1.165, 1.54) is 11.0 Å². The first-order valence-electron chi connectivity index (χ1n) is 8.93. The Morgan fingerprint density at radius 3 is 2.40 bits per heavy atom. The molecule has 3 amide bonds. The summed E-state index contributed by atoms with van der Waals surface area (Å²) in [5, 5.41) is 2.72. The Labute approximate surface area is 146 Å². The number of benzene rings is 1. The van der Waals surface area contributed by atoms with Crippen molar-refractivity contribution in [1.82, 2.24) is 10.2 Å². The Kier molecular flexibility index (Phi) is 5.46. The van der Waals surface area contributed by atoms with Crippen LogP contribution in [0.2, 0.25) is 0 Å². The molecule has 2 fully saturated rings. The van der Waals surface area contributed by atoms with Crippen LogP contribution < -0.4 is 5.32 Å². The van der Waals surface area contributed by atoms with Gasteiger partial charge in [0.25, 0.3) is 0 Å². The van der Waals surface area contributed by atoms with Gasteiger partial charge in [-0.05, 0) is 30.9 Å². The lowest BCUT2D eigenvalue weighted by Crippen LogP contribution is -2.36. The molecule has 6 heteroatoms. The highest BCUT2D eigenvalue weighted by atomic mass is 19.1. The second kappa shape index (κ2) is 7.76. The smallest absolute Gasteiger partial charge is 0.233 e. The normalized spacial score (nSPS) is 22.8. The van der Waals surface area contributed by atoms with Gasteiger partial charge in [0.2, 0.25) is 17.7 Å². The maximum Gasteiger partial charge on any atom is 0.233 e. The molecule has 5 nitrogen and oxygen atoms in total. The molecule has 1 aliphatic carbocycles. The number of hydrogen-bond acceptors (Lipinski definition) is 3. The summed E-state index contributed by atoms with van der Waals surface area (Å²) in [5.74, 6) is -1.10. The summed E-state index contributed by atoms with van der Waals surface area (Å²) in [4.78, 5) is 37.9. The molecular weight excluding hydrogens is 323 g/mol. The first-order chi connectivity index (χ1) is 12.1. The van der Waals surface area contributed by atoms with E-state index in [1.807, 2.05) is 0 Å². The number of nitrogens with one attached hydrogen (secondary N) is 1. The Balaban J connectivity index is 1.44. The summed E-state index contributed by atoms with van der Waals surface area (Å²) in [6.07, 6.45) is 4.04. The maximum atomic E-state index is 13.5. The van der Waals surface area contributed by atoms with Crippen LogP contribution in [0.4, 0.5) is 4.39 Å². The summed E-state index contributed by atoms with van der Waals surface area (Å²) >= 11 is 0. The van der Waals surface area contributed by atoms with Crippen LogP contribution in [0, 0.1) is 17.7 Å². The maximum absolute atomic E-state index is 13.5.